The summed E-state index contributed by atoms with van der Waals surface area (Å²) in [5, 5.41) is 3.12. The molecule has 0 bridgehead atoms. The molecule has 0 aromatic carbocycles. The topological polar surface area (TPSA) is 90.1 Å². The van der Waals surface area contributed by atoms with E-state index in [9.17, 15) is 0 Å². The third kappa shape index (κ3) is 4.37. The minimum Gasteiger partial charge on any atom is -0.330 e. The van der Waals surface area contributed by atoms with Gasteiger partial charge >= 0.3 is 0 Å². The van der Waals surface area contributed by atoms with Gasteiger partial charge in [-0.05, 0) is 51.2 Å². The van der Waals surface area contributed by atoms with Crippen LogP contribution in [0.2, 0.25) is 0 Å². The van der Waals surface area contributed by atoms with E-state index in [0.29, 0.717) is 0 Å². The maximum Gasteiger partial charge on any atom is 0.0599 e. The van der Waals surface area contributed by atoms with Crippen molar-refractivity contribution in [3.05, 3.63) is 0 Å². The number of hydrogen-bond donors (Lipinski definition) is 4. The molecule has 4 heteroatoms. The zero-order chi connectivity index (χ0) is 11.0. The summed E-state index contributed by atoms with van der Waals surface area (Å²) in [6, 6.07) is 0. The van der Waals surface area contributed by atoms with Crippen molar-refractivity contribution in [2.45, 2.75) is 38.8 Å². The molecule has 1 unspecified atom stereocenters. The first-order valence-corrected chi connectivity index (χ1v) is 5.43. The highest BCUT2D eigenvalue weighted by molar-refractivity contribution is 4.83. The summed E-state index contributed by atoms with van der Waals surface area (Å²) < 4.78 is 0. The predicted molar refractivity (Wildman–Crippen MR) is 61.7 cm³/mol. The molecule has 0 aliphatic carbocycles. The van der Waals surface area contributed by atoms with Gasteiger partial charge in [-0.1, -0.05) is 6.92 Å². The fraction of sp³-hybridized carbons (Fsp3) is 1.00. The third-order valence-corrected chi connectivity index (χ3v) is 2.97. The van der Waals surface area contributed by atoms with Crippen molar-refractivity contribution in [2.75, 3.05) is 20.1 Å². The first kappa shape index (κ1) is 13.8. The highest BCUT2D eigenvalue weighted by Crippen LogP contribution is 2.30. The second kappa shape index (κ2) is 7.17. The van der Waals surface area contributed by atoms with Gasteiger partial charge in [-0.2, -0.15) is 0 Å². The average molecular weight is 202 g/mol. The molecule has 7 N–H and O–H groups in total. The van der Waals surface area contributed by atoms with Crippen LogP contribution < -0.4 is 22.5 Å². The van der Waals surface area contributed by atoms with Gasteiger partial charge in [-0.15, -0.1) is 0 Å². The van der Waals surface area contributed by atoms with Gasteiger partial charge in [-0.3, -0.25) is 0 Å². The lowest BCUT2D eigenvalue weighted by Crippen LogP contribution is -2.49. The molecular formula is C10H26N4. The van der Waals surface area contributed by atoms with E-state index >= 15 is 0 Å². The molecule has 0 aromatic heterocycles. The van der Waals surface area contributed by atoms with Crippen LogP contribution in [0.5, 0.6) is 0 Å². The molecule has 0 fully saturated rings. The predicted octanol–water partition coefficient (Wildman–Crippen LogP) is -0.0253. The Morgan fingerprint density at radius 3 is 1.86 bits per heavy atom. The quantitative estimate of drug-likeness (QED) is 0.416. The molecule has 0 saturated carbocycles. The molecule has 0 heterocycles. The van der Waals surface area contributed by atoms with Crippen LogP contribution in [-0.4, -0.2) is 26.3 Å². The standard InChI is InChI=1S/C10H26N4/c1-10(5-3-7-11,6-4-8-12)9(13)14-2/h9,14H,3-8,11-13H2,1-2H3. The van der Waals surface area contributed by atoms with Crippen molar-refractivity contribution in [1.29, 1.82) is 0 Å². The molecule has 0 spiro atoms. The van der Waals surface area contributed by atoms with Gasteiger partial charge in [0.1, 0.15) is 0 Å². The van der Waals surface area contributed by atoms with Crippen molar-refractivity contribution in [3.63, 3.8) is 0 Å². The monoisotopic (exact) mass is 202 g/mol. The second-order valence-corrected chi connectivity index (χ2v) is 4.20. The Balaban J connectivity index is 4.16. The molecule has 0 aliphatic rings. The van der Waals surface area contributed by atoms with Gasteiger partial charge in [0.25, 0.3) is 0 Å². The first-order chi connectivity index (χ1) is 6.60. The summed E-state index contributed by atoms with van der Waals surface area (Å²) in [6.07, 6.45) is 4.20. The van der Waals surface area contributed by atoms with E-state index in [4.69, 9.17) is 17.2 Å². The van der Waals surface area contributed by atoms with Gasteiger partial charge in [0.2, 0.25) is 0 Å². The third-order valence-electron chi connectivity index (χ3n) is 2.97. The summed E-state index contributed by atoms with van der Waals surface area (Å²) >= 11 is 0. The molecule has 0 amide bonds. The number of nitrogens with one attached hydrogen (secondary N) is 1. The summed E-state index contributed by atoms with van der Waals surface area (Å²) in [7, 11) is 1.90. The Labute approximate surface area is 87.6 Å². The summed E-state index contributed by atoms with van der Waals surface area (Å²) in [4.78, 5) is 0. The van der Waals surface area contributed by atoms with E-state index in [1.54, 1.807) is 0 Å². The zero-order valence-corrected chi connectivity index (χ0v) is 9.55. The first-order valence-electron chi connectivity index (χ1n) is 5.43. The van der Waals surface area contributed by atoms with Crippen LogP contribution in [-0.2, 0) is 0 Å². The van der Waals surface area contributed by atoms with E-state index in [-0.39, 0.29) is 11.6 Å². The van der Waals surface area contributed by atoms with Crippen LogP contribution in [0.15, 0.2) is 0 Å². The van der Waals surface area contributed by atoms with Gasteiger partial charge in [-0.25, -0.2) is 0 Å². The fourth-order valence-corrected chi connectivity index (χ4v) is 1.80. The summed E-state index contributed by atoms with van der Waals surface area (Å²) in [6.45, 7) is 3.67. The Hall–Kier alpha value is -0.160. The molecule has 0 rings (SSSR count). The Morgan fingerprint density at radius 1 is 1.14 bits per heavy atom. The Kier molecular flexibility index (Phi) is 7.09. The number of hydrogen-bond acceptors (Lipinski definition) is 4. The van der Waals surface area contributed by atoms with E-state index in [1.807, 2.05) is 7.05 Å². The number of rotatable bonds is 8. The van der Waals surface area contributed by atoms with E-state index in [1.165, 1.54) is 0 Å². The van der Waals surface area contributed by atoms with Crippen LogP contribution in [0.25, 0.3) is 0 Å². The van der Waals surface area contributed by atoms with E-state index < -0.39 is 0 Å². The highest BCUT2D eigenvalue weighted by Gasteiger charge is 2.29. The Morgan fingerprint density at radius 2 is 1.57 bits per heavy atom. The second-order valence-electron chi connectivity index (χ2n) is 4.20. The van der Waals surface area contributed by atoms with Crippen LogP contribution in [0.3, 0.4) is 0 Å². The fourth-order valence-electron chi connectivity index (χ4n) is 1.80. The van der Waals surface area contributed by atoms with Gasteiger partial charge in [0, 0.05) is 0 Å². The van der Waals surface area contributed by atoms with Crippen LogP contribution in [0.1, 0.15) is 32.6 Å². The smallest absolute Gasteiger partial charge is 0.0599 e. The largest absolute Gasteiger partial charge is 0.330 e. The highest BCUT2D eigenvalue weighted by atomic mass is 15.0. The Bertz CT molecular complexity index is 130. The maximum atomic E-state index is 6.04. The molecule has 0 aromatic rings. The maximum absolute atomic E-state index is 6.04. The molecular weight excluding hydrogens is 176 g/mol. The molecule has 4 nitrogen and oxygen atoms in total. The van der Waals surface area contributed by atoms with E-state index in [2.05, 4.69) is 12.2 Å². The zero-order valence-electron chi connectivity index (χ0n) is 9.55. The molecule has 1 atom stereocenters. The van der Waals surface area contributed by atoms with Crippen LogP contribution in [0.4, 0.5) is 0 Å². The van der Waals surface area contributed by atoms with Crippen LogP contribution >= 0.6 is 0 Å². The minimum absolute atomic E-state index is 0.0283. The molecule has 0 aliphatic heterocycles. The van der Waals surface area contributed by atoms with E-state index in [0.717, 1.165) is 38.8 Å². The minimum atomic E-state index is 0.0283. The van der Waals surface area contributed by atoms with Gasteiger partial charge in [0.05, 0.1) is 6.17 Å². The van der Waals surface area contributed by atoms with Gasteiger partial charge < -0.3 is 22.5 Å². The lowest BCUT2D eigenvalue weighted by molar-refractivity contribution is 0.184. The van der Waals surface area contributed by atoms with Crippen molar-refractivity contribution in [2.24, 2.45) is 22.6 Å². The molecule has 0 saturated heterocycles. The lowest BCUT2D eigenvalue weighted by Gasteiger charge is -2.35. The van der Waals surface area contributed by atoms with Gasteiger partial charge in [0.15, 0.2) is 0 Å². The average Bonchev–Trinajstić information content (AvgIpc) is 2.22. The molecule has 0 radical (unpaired) electrons. The summed E-state index contributed by atoms with van der Waals surface area (Å²) in [5.74, 6) is 0. The normalized spacial score (nSPS) is 14.4. The summed E-state index contributed by atoms with van der Waals surface area (Å²) in [5.41, 5.74) is 17.2. The number of nitrogens with two attached hydrogens (primary N) is 3. The van der Waals surface area contributed by atoms with Crippen molar-refractivity contribution < 1.29 is 0 Å². The SMILES string of the molecule is CNC(N)C(C)(CCCN)CCCN. The lowest BCUT2D eigenvalue weighted by atomic mass is 9.78. The molecule has 86 valence electrons. The van der Waals surface area contributed by atoms with Crippen LogP contribution in [0, 0.1) is 5.41 Å². The van der Waals surface area contributed by atoms with Crippen molar-refractivity contribution in [3.8, 4) is 0 Å². The molecule has 14 heavy (non-hydrogen) atoms. The van der Waals surface area contributed by atoms with Crippen molar-refractivity contribution >= 4 is 0 Å². The van der Waals surface area contributed by atoms with Crippen molar-refractivity contribution in [1.82, 2.24) is 5.32 Å².